The van der Waals surface area contributed by atoms with Crippen LogP contribution in [0.4, 0.5) is 0 Å². The van der Waals surface area contributed by atoms with Crippen molar-refractivity contribution in [2.75, 3.05) is 19.6 Å². The summed E-state index contributed by atoms with van der Waals surface area (Å²) in [6, 6.07) is 0.171. The Morgan fingerprint density at radius 1 is 1.60 bits per heavy atom. The second kappa shape index (κ2) is 6.08. The number of nitrogens with one attached hydrogen (secondary N) is 1. The van der Waals surface area contributed by atoms with Gasteiger partial charge in [0.25, 0.3) is 0 Å². The van der Waals surface area contributed by atoms with Crippen LogP contribution in [0.2, 0.25) is 0 Å². The predicted molar refractivity (Wildman–Crippen MR) is 61.5 cm³/mol. The Bertz CT molecular complexity index is 208. The standard InChI is InChI=1S/C11H23N3O/c1-3-10(12)11(15)13-8-9-6-5-7-14(9)4-2/h9-10H,3-8,12H2,1-2H3,(H,13,15). The minimum Gasteiger partial charge on any atom is -0.353 e. The average Bonchev–Trinajstić information content (AvgIpc) is 2.71. The molecule has 4 nitrogen and oxygen atoms in total. The maximum absolute atomic E-state index is 11.5. The molecule has 1 amide bonds. The zero-order chi connectivity index (χ0) is 11.3. The normalized spacial score (nSPS) is 24.1. The first kappa shape index (κ1) is 12.5. The highest BCUT2D eigenvalue weighted by molar-refractivity contribution is 5.81. The highest BCUT2D eigenvalue weighted by Gasteiger charge is 2.23. The molecule has 0 aromatic carbocycles. The van der Waals surface area contributed by atoms with Crippen molar-refractivity contribution in [3.8, 4) is 0 Å². The molecule has 2 atom stereocenters. The van der Waals surface area contributed by atoms with Gasteiger partial charge >= 0.3 is 0 Å². The number of carbonyl (C=O) groups is 1. The summed E-state index contributed by atoms with van der Waals surface area (Å²) >= 11 is 0. The second-order valence-electron chi connectivity index (χ2n) is 4.18. The van der Waals surface area contributed by atoms with Gasteiger partial charge in [-0.1, -0.05) is 13.8 Å². The Morgan fingerprint density at radius 3 is 2.93 bits per heavy atom. The van der Waals surface area contributed by atoms with Crippen LogP contribution < -0.4 is 11.1 Å². The van der Waals surface area contributed by atoms with Gasteiger partial charge in [0.05, 0.1) is 6.04 Å². The summed E-state index contributed by atoms with van der Waals surface area (Å²) in [7, 11) is 0. The molecule has 0 aliphatic carbocycles. The molecular formula is C11H23N3O. The van der Waals surface area contributed by atoms with Gasteiger partial charge in [-0.05, 0) is 32.4 Å². The summed E-state index contributed by atoms with van der Waals surface area (Å²) in [5, 5.41) is 2.93. The lowest BCUT2D eigenvalue weighted by Gasteiger charge is -2.23. The van der Waals surface area contributed by atoms with E-state index in [1.165, 1.54) is 12.8 Å². The number of hydrogen-bond donors (Lipinski definition) is 2. The zero-order valence-electron chi connectivity index (χ0n) is 9.83. The van der Waals surface area contributed by atoms with Gasteiger partial charge in [-0.3, -0.25) is 9.69 Å². The third-order valence-corrected chi connectivity index (χ3v) is 3.19. The van der Waals surface area contributed by atoms with Crippen molar-refractivity contribution >= 4 is 5.91 Å². The van der Waals surface area contributed by atoms with Crippen LogP contribution in [0.5, 0.6) is 0 Å². The Hall–Kier alpha value is -0.610. The Kier molecular flexibility index (Phi) is 5.05. The number of likely N-dealkylation sites (tertiary alicyclic amines) is 1. The highest BCUT2D eigenvalue weighted by Crippen LogP contribution is 2.15. The van der Waals surface area contributed by atoms with Crippen molar-refractivity contribution in [3.63, 3.8) is 0 Å². The molecule has 1 saturated heterocycles. The minimum atomic E-state index is -0.346. The summed E-state index contributed by atoms with van der Waals surface area (Å²) in [6.45, 7) is 7.08. The van der Waals surface area contributed by atoms with Crippen LogP contribution in [-0.4, -0.2) is 42.5 Å². The van der Waals surface area contributed by atoms with E-state index in [1.54, 1.807) is 0 Å². The molecule has 88 valence electrons. The average molecular weight is 213 g/mol. The first-order valence-electron chi connectivity index (χ1n) is 5.96. The van der Waals surface area contributed by atoms with Crippen LogP contribution >= 0.6 is 0 Å². The van der Waals surface area contributed by atoms with Crippen molar-refractivity contribution < 1.29 is 4.79 Å². The molecule has 0 radical (unpaired) electrons. The van der Waals surface area contributed by atoms with E-state index in [2.05, 4.69) is 17.1 Å². The van der Waals surface area contributed by atoms with Crippen LogP contribution in [-0.2, 0) is 4.79 Å². The second-order valence-corrected chi connectivity index (χ2v) is 4.18. The molecule has 3 N–H and O–H groups in total. The van der Waals surface area contributed by atoms with Gasteiger partial charge < -0.3 is 11.1 Å². The maximum Gasteiger partial charge on any atom is 0.236 e. The number of rotatable bonds is 5. The van der Waals surface area contributed by atoms with E-state index < -0.39 is 0 Å². The van der Waals surface area contributed by atoms with Gasteiger partial charge in [0, 0.05) is 12.6 Å². The van der Waals surface area contributed by atoms with Gasteiger partial charge in [0.15, 0.2) is 0 Å². The molecule has 1 aliphatic rings. The Balaban J connectivity index is 2.27. The van der Waals surface area contributed by atoms with Gasteiger partial charge in [0.2, 0.25) is 5.91 Å². The quantitative estimate of drug-likeness (QED) is 0.691. The third kappa shape index (κ3) is 3.47. The lowest BCUT2D eigenvalue weighted by atomic mass is 10.2. The number of hydrogen-bond acceptors (Lipinski definition) is 3. The lowest BCUT2D eigenvalue weighted by Crippen LogP contribution is -2.45. The molecule has 1 fully saturated rings. The smallest absolute Gasteiger partial charge is 0.236 e. The fourth-order valence-electron chi connectivity index (χ4n) is 2.08. The first-order valence-corrected chi connectivity index (χ1v) is 5.96. The van der Waals surface area contributed by atoms with E-state index in [-0.39, 0.29) is 11.9 Å². The molecule has 1 aliphatic heterocycles. The van der Waals surface area contributed by atoms with E-state index in [4.69, 9.17) is 5.73 Å². The molecule has 2 unspecified atom stereocenters. The molecule has 15 heavy (non-hydrogen) atoms. The monoisotopic (exact) mass is 213 g/mol. The molecular weight excluding hydrogens is 190 g/mol. The van der Waals surface area contributed by atoms with Crippen molar-refractivity contribution in [1.29, 1.82) is 0 Å². The first-order chi connectivity index (χ1) is 7.19. The Morgan fingerprint density at radius 2 is 2.33 bits per heavy atom. The van der Waals surface area contributed by atoms with Crippen LogP contribution in [0.3, 0.4) is 0 Å². The molecule has 0 aromatic heterocycles. The van der Waals surface area contributed by atoms with E-state index in [1.807, 2.05) is 6.92 Å². The topological polar surface area (TPSA) is 58.4 Å². The zero-order valence-corrected chi connectivity index (χ0v) is 9.83. The van der Waals surface area contributed by atoms with Crippen molar-refractivity contribution in [1.82, 2.24) is 10.2 Å². The predicted octanol–water partition coefficient (Wildman–Crippen LogP) is 0.324. The van der Waals surface area contributed by atoms with Gasteiger partial charge in [-0.15, -0.1) is 0 Å². The minimum absolute atomic E-state index is 0.0135. The van der Waals surface area contributed by atoms with Crippen LogP contribution in [0.15, 0.2) is 0 Å². The summed E-state index contributed by atoms with van der Waals surface area (Å²) in [4.78, 5) is 13.9. The molecule has 1 rings (SSSR count). The molecule has 0 bridgehead atoms. The van der Waals surface area contributed by atoms with Crippen LogP contribution in [0, 0.1) is 0 Å². The summed E-state index contributed by atoms with van der Waals surface area (Å²) < 4.78 is 0. The lowest BCUT2D eigenvalue weighted by molar-refractivity contribution is -0.122. The van der Waals surface area contributed by atoms with Gasteiger partial charge in [-0.25, -0.2) is 0 Å². The van der Waals surface area contributed by atoms with E-state index in [9.17, 15) is 4.79 Å². The molecule has 0 aromatic rings. The number of carbonyl (C=O) groups excluding carboxylic acids is 1. The van der Waals surface area contributed by atoms with E-state index >= 15 is 0 Å². The highest BCUT2D eigenvalue weighted by atomic mass is 16.2. The summed E-state index contributed by atoms with van der Waals surface area (Å²) in [5.41, 5.74) is 5.64. The fourth-order valence-corrected chi connectivity index (χ4v) is 2.08. The molecule has 0 spiro atoms. The molecule has 1 heterocycles. The van der Waals surface area contributed by atoms with Gasteiger partial charge in [0.1, 0.15) is 0 Å². The van der Waals surface area contributed by atoms with E-state index in [0.717, 1.165) is 19.6 Å². The summed E-state index contributed by atoms with van der Waals surface area (Å²) in [6.07, 6.45) is 3.14. The van der Waals surface area contributed by atoms with Gasteiger partial charge in [-0.2, -0.15) is 0 Å². The largest absolute Gasteiger partial charge is 0.353 e. The van der Waals surface area contributed by atoms with Crippen molar-refractivity contribution in [3.05, 3.63) is 0 Å². The van der Waals surface area contributed by atoms with Crippen molar-refractivity contribution in [2.24, 2.45) is 5.73 Å². The SMILES string of the molecule is CCC(N)C(=O)NCC1CCCN1CC. The van der Waals surface area contributed by atoms with E-state index in [0.29, 0.717) is 12.5 Å². The number of likely N-dealkylation sites (N-methyl/N-ethyl adjacent to an activating group) is 1. The van der Waals surface area contributed by atoms with Crippen LogP contribution in [0.25, 0.3) is 0 Å². The third-order valence-electron chi connectivity index (χ3n) is 3.19. The van der Waals surface area contributed by atoms with Crippen molar-refractivity contribution in [2.45, 2.75) is 45.2 Å². The number of nitrogens with zero attached hydrogens (tertiary/aromatic N) is 1. The number of amides is 1. The summed E-state index contributed by atoms with van der Waals surface area (Å²) in [5.74, 6) is -0.0135. The number of nitrogens with two attached hydrogens (primary N) is 1. The Labute approximate surface area is 92.2 Å². The maximum atomic E-state index is 11.5. The fraction of sp³-hybridized carbons (Fsp3) is 0.909. The molecule has 4 heteroatoms. The van der Waals surface area contributed by atoms with Crippen LogP contribution in [0.1, 0.15) is 33.1 Å². The molecule has 0 saturated carbocycles.